The number of amides is 1. The van der Waals surface area contributed by atoms with Crippen molar-refractivity contribution in [3.8, 4) is 0 Å². The van der Waals surface area contributed by atoms with Gasteiger partial charge in [0.2, 0.25) is 0 Å². The summed E-state index contributed by atoms with van der Waals surface area (Å²) in [6.45, 7) is 10.6. The second-order valence-electron chi connectivity index (χ2n) is 5.61. The minimum atomic E-state index is -0.135. The summed E-state index contributed by atoms with van der Waals surface area (Å²) in [7, 11) is 0. The first-order chi connectivity index (χ1) is 8.63. The molecule has 1 saturated heterocycles. The predicted octanol–water partition coefficient (Wildman–Crippen LogP) is 2.49. The molecule has 106 valence electrons. The molecule has 0 unspecified atom stereocenters. The van der Waals surface area contributed by atoms with Gasteiger partial charge in [0.15, 0.2) is 0 Å². The van der Waals surface area contributed by atoms with Crippen molar-refractivity contribution >= 4 is 6.09 Å². The molecule has 0 aromatic heterocycles. The Labute approximate surface area is 111 Å². The zero-order valence-electron chi connectivity index (χ0n) is 12.1. The third-order valence-corrected chi connectivity index (χ3v) is 3.23. The first-order valence-electron chi connectivity index (χ1n) is 7.25. The lowest BCUT2D eigenvalue weighted by molar-refractivity contribution is 0.0840. The van der Waals surface area contributed by atoms with Crippen LogP contribution in [0.25, 0.3) is 0 Å². The Bertz CT molecular complexity index is 238. The van der Waals surface area contributed by atoms with E-state index in [0.29, 0.717) is 18.4 Å². The van der Waals surface area contributed by atoms with Crippen molar-refractivity contribution in [2.45, 2.75) is 40.0 Å². The maximum Gasteiger partial charge on any atom is 0.409 e. The highest BCUT2D eigenvalue weighted by atomic mass is 16.6. The van der Waals surface area contributed by atoms with Gasteiger partial charge in [0.25, 0.3) is 0 Å². The van der Waals surface area contributed by atoms with Crippen molar-refractivity contribution in [1.29, 1.82) is 0 Å². The van der Waals surface area contributed by atoms with Gasteiger partial charge in [-0.15, -0.1) is 0 Å². The number of rotatable bonds is 6. The van der Waals surface area contributed by atoms with Crippen LogP contribution in [0.4, 0.5) is 4.79 Å². The molecule has 1 N–H and O–H groups in total. The normalized spacial score (nSPS) is 16.9. The van der Waals surface area contributed by atoms with E-state index in [1.807, 2.05) is 4.90 Å². The zero-order valence-corrected chi connectivity index (χ0v) is 12.1. The van der Waals surface area contributed by atoms with Crippen molar-refractivity contribution in [1.82, 2.24) is 10.2 Å². The highest BCUT2D eigenvalue weighted by Crippen LogP contribution is 2.14. The van der Waals surface area contributed by atoms with Crippen LogP contribution in [0.1, 0.15) is 40.0 Å². The molecular formula is C14H28N2O2. The summed E-state index contributed by atoms with van der Waals surface area (Å²) in [5, 5.41) is 3.35. The van der Waals surface area contributed by atoms with Gasteiger partial charge in [-0.25, -0.2) is 4.79 Å². The summed E-state index contributed by atoms with van der Waals surface area (Å²) >= 11 is 0. The first-order valence-corrected chi connectivity index (χ1v) is 7.25. The van der Waals surface area contributed by atoms with Crippen molar-refractivity contribution in [3.63, 3.8) is 0 Å². The van der Waals surface area contributed by atoms with E-state index >= 15 is 0 Å². The molecule has 0 spiro atoms. The van der Waals surface area contributed by atoms with Gasteiger partial charge < -0.3 is 15.0 Å². The molecule has 1 aliphatic rings. The smallest absolute Gasteiger partial charge is 0.409 e. The quantitative estimate of drug-likeness (QED) is 0.794. The topological polar surface area (TPSA) is 41.6 Å². The molecule has 18 heavy (non-hydrogen) atoms. The van der Waals surface area contributed by atoms with E-state index in [1.165, 1.54) is 0 Å². The molecule has 4 heteroatoms. The molecule has 0 aliphatic carbocycles. The molecular weight excluding hydrogens is 228 g/mol. The highest BCUT2D eigenvalue weighted by Gasteiger charge is 2.21. The largest absolute Gasteiger partial charge is 0.449 e. The fourth-order valence-corrected chi connectivity index (χ4v) is 2.23. The Hall–Kier alpha value is -0.770. The average Bonchev–Trinajstić information content (AvgIpc) is 2.36. The lowest BCUT2D eigenvalue weighted by Crippen LogP contribution is -2.40. The number of nitrogens with one attached hydrogen (secondary N) is 1. The van der Waals surface area contributed by atoms with Crippen LogP contribution in [0.5, 0.6) is 0 Å². The summed E-state index contributed by atoms with van der Waals surface area (Å²) in [6.07, 6.45) is 3.18. The monoisotopic (exact) mass is 256 g/mol. The van der Waals surface area contributed by atoms with Crippen LogP contribution in [0, 0.1) is 11.8 Å². The van der Waals surface area contributed by atoms with Crippen LogP contribution in [-0.4, -0.2) is 43.8 Å². The Balaban J connectivity index is 2.39. The van der Waals surface area contributed by atoms with Gasteiger partial charge in [-0.1, -0.05) is 20.8 Å². The number of hydrogen-bond acceptors (Lipinski definition) is 3. The number of nitrogens with zero attached hydrogens (tertiary/aromatic N) is 1. The maximum absolute atomic E-state index is 12.0. The minimum Gasteiger partial charge on any atom is -0.449 e. The summed E-state index contributed by atoms with van der Waals surface area (Å²) < 4.78 is 5.33. The molecule has 0 aromatic rings. The van der Waals surface area contributed by atoms with Gasteiger partial charge in [-0.05, 0) is 44.2 Å². The van der Waals surface area contributed by atoms with Crippen LogP contribution in [0.3, 0.4) is 0 Å². The second kappa shape index (κ2) is 8.35. The number of ether oxygens (including phenoxy) is 1. The maximum atomic E-state index is 12.0. The van der Waals surface area contributed by atoms with Crippen LogP contribution in [-0.2, 0) is 4.74 Å². The van der Waals surface area contributed by atoms with E-state index in [9.17, 15) is 4.79 Å². The first kappa shape index (κ1) is 15.3. The van der Waals surface area contributed by atoms with Gasteiger partial charge >= 0.3 is 6.09 Å². The predicted molar refractivity (Wildman–Crippen MR) is 73.6 cm³/mol. The third-order valence-electron chi connectivity index (χ3n) is 3.23. The molecule has 4 nitrogen and oxygen atoms in total. The third kappa shape index (κ3) is 5.71. The van der Waals surface area contributed by atoms with E-state index in [4.69, 9.17) is 4.74 Å². The van der Waals surface area contributed by atoms with Gasteiger partial charge in [-0.3, -0.25) is 0 Å². The molecule has 1 fully saturated rings. The van der Waals surface area contributed by atoms with E-state index in [2.05, 4.69) is 26.1 Å². The molecule has 1 heterocycles. The van der Waals surface area contributed by atoms with Crippen molar-refractivity contribution in [3.05, 3.63) is 0 Å². The molecule has 0 saturated carbocycles. The number of carbonyl (C=O) groups excluding carboxylic acids is 1. The standard InChI is InChI=1S/C14H28N2O2/c1-4-9-16(14(17)18-11-12(2)3)10-13-5-7-15-8-6-13/h12-13,15H,4-11H2,1-3H3. The van der Waals surface area contributed by atoms with E-state index in [0.717, 1.165) is 45.4 Å². The molecule has 1 rings (SSSR count). The summed E-state index contributed by atoms with van der Waals surface area (Å²) in [6, 6.07) is 0. The molecule has 1 amide bonds. The Morgan fingerprint density at radius 3 is 2.61 bits per heavy atom. The van der Waals surface area contributed by atoms with E-state index in [-0.39, 0.29) is 6.09 Å². The fraction of sp³-hybridized carbons (Fsp3) is 0.929. The lowest BCUT2D eigenvalue weighted by atomic mass is 9.97. The van der Waals surface area contributed by atoms with E-state index < -0.39 is 0 Å². The van der Waals surface area contributed by atoms with Crippen molar-refractivity contribution < 1.29 is 9.53 Å². The van der Waals surface area contributed by atoms with Gasteiger partial charge in [0.1, 0.15) is 0 Å². The molecule has 0 aromatic carbocycles. The van der Waals surface area contributed by atoms with Crippen LogP contribution in [0.2, 0.25) is 0 Å². The average molecular weight is 256 g/mol. The number of hydrogen-bond donors (Lipinski definition) is 1. The van der Waals surface area contributed by atoms with Crippen LogP contribution in [0.15, 0.2) is 0 Å². The Morgan fingerprint density at radius 1 is 1.39 bits per heavy atom. The van der Waals surface area contributed by atoms with E-state index in [1.54, 1.807) is 0 Å². The Kier molecular flexibility index (Phi) is 7.09. The zero-order chi connectivity index (χ0) is 13.4. The summed E-state index contributed by atoms with van der Waals surface area (Å²) in [4.78, 5) is 13.9. The van der Waals surface area contributed by atoms with Crippen LogP contribution < -0.4 is 5.32 Å². The molecule has 0 atom stereocenters. The number of carbonyl (C=O) groups is 1. The van der Waals surface area contributed by atoms with Crippen molar-refractivity contribution in [2.75, 3.05) is 32.8 Å². The molecule has 0 radical (unpaired) electrons. The molecule has 0 bridgehead atoms. The lowest BCUT2D eigenvalue weighted by Gasteiger charge is -2.29. The minimum absolute atomic E-state index is 0.135. The van der Waals surface area contributed by atoms with Gasteiger partial charge in [0.05, 0.1) is 6.61 Å². The summed E-state index contributed by atoms with van der Waals surface area (Å²) in [5.41, 5.74) is 0. The highest BCUT2D eigenvalue weighted by molar-refractivity contribution is 5.67. The van der Waals surface area contributed by atoms with Gasteiger partial charge in [0, 0.05) is 13.1 Å². The summed E-state index contributed by atoms with van der Waals surface area (Å²) in [5.74, 6) is 1.03. The van der Waals surface area contributed by atoms with Gasteiger partial charge in [-0.2, -0.15) is 0 Å². The number of piperidine rings is 1. The fourth-order valence-electron chi connectivity index (χ4n) is 2.23. The van der Waals surface area contributed by atoms with Crippen LogP contribution >= 0.6 is 0 Å². The van der Waals surface area contributed by atoms with Crippen molar-refractivity contribution in [2.24, 2.45) is 11.8 Å². The second-order valence-corrected chi connectivity index (χ2v) is 5.61. The Morgan fingerprint density at radius 2 is 2.06 bits per heavy atom. The molecule has 1 aliphatic heterocycles. The SMILES string of the molecule is CCCN(CC1CCNCC1)C(=O)OCC(C)C.